The van der Waals surface area contributed by atoms with Gasteiger partial charge < -0.3 is 15.2 Å². The zero-order valence-electron chi connectivity index (χ0n) is 12.9. The summed E-state index contributed by atoms with van der Waals surface area (Å²) in [5.41, 5.74) is 8.40. The van der Waals surface area contributed by atoms with Crippen LogP contribution >= 0.6 is 0 Å². The van der Waals surface area contributed by atoms with E-state index in [-0.39, 0.29) is 0 Å². The van der Waals surface area contributed by atoms with Gasteiger partial charge in [-0.3, -0.25) is 0 Å². The van der Waals surface area contributed by atoms with Crippen LogP contribution in [0.2, 0.25) is 0 Å². The average Bonchev–Trinajstić information content (AvgIpc) is 2.55. The van der Waals surface area contributed by atoms with Crippen LogP contribution in [0.4, 0.5) is 0 Å². The molecule has 1 unspecified atom stereocenters. The van der Waals surface area contributed by atoms with Crippen LogP contribution in [0, 0.1) is 0 Å². The predicted octanol–water partition coefficient (Wildman–Crippen LogP) is 3.71. The number of hydrogen-bond donors (Lipinski definition) is 1. The van der Waals surface area contributed by atoms with E-state index in [9.17, 15) is 0 Å². The number of methoxy groups -OCH3 is 2. The highest BCUT2D eigenvalue weighted by Crippen LogP contribution is 2.36. The number of nitrogens with two attached hydrogens (primary N) is 1. The van der Waals surface area contributed by atoms with Gasteiger partial charge in [0.15, 0.2) is 11.5 Å². The lowest BCUT2D eigenvalue weighted by molar-refractivity contribution is 0.353. The van der Waals surface area contributed by atoms with Gasteiger partial charge in [0.2, 0.25) is 0 Å². The van der Waals surface area contributed by atoms with E-state index in [4.69, 9.17) is 15.2 Å². The molecule has 0 fully saturated rings. The summed E-state index contributed by atoms with van der Waals surface area (Å²) in [4.78, 5) is 0. The smallest absolute Gasteiger partial charge is 0.161 e. The van der Waals surface area contributed by atoms with Crippen molar-refractivity contribution in [2.75, 3.05) is 14.2 Å². The lowest BCUT2D eigenvalue weighted by Gasteiger charge is -2.31. The van der Waals surface area contributed by atoms with Gasteiger partial charge in [-0.15, -0.1) is 0 Å². The fourth-order valence-electron chi connectivity index (χ4n) is 2.70. The maximum Gasteiger partial charge on any atom is 0.161 e. The second kappa shape index (κ2) is 6.64. The summed E-state index contributed by atoms with van der Waals surface area (Å²) in [5.74, 6) is 1.42. The Morgan fingerprint density at radius 2 is 1.57 bits per heavy atom. The Morgan fingerprint density at radius 3 is 2.14 bits per heavy atom. The van der Waals surface area contributed by atoms with Crippen LogP contribution in [0.1, 0.15) is 30.9 Å². The minimum Gasteiger partial charge on any atom is -0.493 e. The van der Waals surface area contributed by atoms with Gasteiger partial charge in [-0.05, 0) is 29.7 Å². The van der Waals surface area contributed by atoms with Crippen molar-refractivity contribution in [1.82, 2.24) is 0 Å². The van der Waals surface area contributed by atoms with Crippen LogP contribution in [0.25, 0.3) is 0 Å². The normalized spacial score (nSPS) is 13.5. The molecule has 3 heteroatoms. The zero-order chi connectivity index (χ0) is 15.3. The van der Waals surface area contributed by atoms with E-state index in [1.165, 1.54) is 0 Å². The van der Waals surface area contributed by atoms with Gasteiger partial charge in [0.05, 0.1) is 19.8 Å². The molecule has 0 heterocycles. The first kappa shape index (κ1) is 15.4. The minimum atomic E-state index is -0.518. The SMILES string of the molecule is CCCC(N)(c1ccccc1)c1ccc(OC)c(OC)c1. The van der Waals surface area contributed by atoms with Crippen molar-refractivity contribution < 1.29 is 9.47 Å². The molecule has 0 aliphatic heterocycles. The quantitative estimate of drug-likeness (QED) is 0.880. The van der Waals surface area contributed by atoms with Gasteiger partial charge in [0.1, 0.15) is 0 Å². The highest BCUT2D eigenvalue weighted by atomic mass is 16.5. The summed E-state index contributed by atoms with van der Waals surface area (Å²) >= 11 is 0. The lowest BCUT2D eigenvalue weighted by atomic mass is 9.80. The Balaban J connectivity index is 2.52. The Kier molecular flexibility index (Phi) is 4.86. The topological polar surface area (TPSA) is 44.5 Å². The molecule has 0 saturated carbocycles. The number of rotatable bonds is 6. The second-order valence-electron chi connectivity index (χ2n) is 5.16. The van der Waals surface area contributed by atoms with Crippen molar-refractivity contribution in [2.24, 2.45) is 5.73 Å². The molecule has 112 valence electrons. The van der Waals surface area contributed by atoms with Crippen LogP contribution in [0.5, 0.6) is 11.5 Å². The van der Waals surface area contributed by atoms with E-state index < -0.39 is 5.54 Å². The van der Waals surface area contributed by atoms with Crippen molar-refractivity contribution in [3.8, 4) is 11.5 Å². The molecule has 2 aromatic carbocycles. The van der Waals surface area contributed by atoms with Crippen LogP contribution in [-0.2, 0) is 5.54 Å². The summed E-state index contributed by atoms with van der Waals surface area (Å²) in [5, 5.41) is 0. The van der Waals surface area contributed by atoms with Crippen molar-refractivity contribution >= 4 is 0 Å². The zero-order valence-corrected chi connectivity index (χ0v) is 12.9. The molecule has 0 saturated heterocycles. The molecule has 2 rings (SSSR count). The molecule has 0 amide bonds. The first-order valence-corrected chi connectivity index (χ1v) is 7.22. The summed E-state index contributed by atoms with van der Waals surface area (Å²) in [6.45, 7) is 2.14. The summed E-state index contributed by atoms with van der Waals surface area (Å²) in [6, 6.07) is 16.1. The third kappa shape index (κ3) is 3.03. The summed E-state index contributed by atoms with van der Waals surface area (Å²) in [6.07, 6.45) is 1.87. The van der Waals surface area contributed by atoms with E-state index in [2.05, 4.69) is 19.1 Å². The number of hydrogen-bond acceptors (Lipinski definition) is 3. The molecule has 2 aromatic rings. The maximum absolute atomic E-state index is 6.77. The molecule has 3 nitrogen and oxygen atoms in total. The van der Waals surface area contributed by atoms with Crippen LogP contribution in [-0.4, -0.2) is 14.2 Å². The molecule has 1 atom stereocenters. The van der Waals surface area contributed by atoms with Gasteiger partial charge in [-0.25, -0.2) is 0 Å². The lowest BCUT2D eigenvalue weighted by Crippen LogP contribution is -2.37. The van der Waals surface area contributed by atoms with Crippen molar-refractivity contribution in [1.29, 1.82) is 0 Å². The van der Waals surface area contributed by atoms with Gasteiger partial charge in [-0.1, -0.05) is 49.7 Å². The molecule has 0 aliphatic carbocycles. The molecule has 2 N–H and O–H groups in total. The molecule has 0 bridgehead atoms. The van der Waals surface area contributed by atoms with Crippen molar-refractivity contribution in [2.45, 2.75) is 25.3 Å². The van der Waals surface area contributed by atoms with E-state index in [1.807, 2.05) is 36.4 Å². The second-order valence-corrected chi connectivity index (χ2v) is 5.16. The van der Waals surface area contributed by atoms with Crippen LogP contribution in [0.3, 0.4) is 0 Å². The van der Waals surface area contributed by atoms with E-state index in [0.717, 1.165) is 24.0 Å². The molecule has 0 spiro atoms. The molecular weight excluding hydrogens is 262 g/mol. The number of benzene rings is 2. The first-order valence-electron chi connectivity index (χ1n) is 7.22. The third-order valence-corrected chi connectivity index (χ3v) is 3.83. The standard InChI is InChI=1S/C18H23NO2/c1-4-12-18(19,14-8-6-5-7-9-14)15-10-11-16(20-2)17(13-15)21-3/h5-11,13H,4,12,19H2,1-3H3. The van der Waals surface area contributed by atoms with Gasteiger partial charge in [0.25, 0.3) is 0 Å². The summed E-state index contributed by atoms with van der Waals surface area (Å²) < 4.78 is 10.7. The Hall–Kier alpha value is -2.00. The molecule has 21 heavy (non-hydrogen) atoms. The Morgan fingerprint density at radius 1 is 0.905 bits per heavy atom. The molecule has 0 aromatic heterocycles. The highest BCUT2D eigenvalue weighted by Gasteiger charge is 2.29. The fourth-order valence-corrected chi connectivity index (χ4v) is 2.70. The largest absolute Gasteiger partial charge is 0.493 e. The maximum atomic E-state index is 6.77. The van der Waals surface area contributed by atoms with Gasteiger partial charge in [0, 0.05) is 0 Å². The van der Waals surface area contributed by atoms with Crippen molar-refractivity contribution in [3.63, 3.8) is 0 Å². The Bertz CT molecular complexity index is 583. The highest BCUT2D eigenvalue weighted by molar-refractivity contribution is 5.48. The predicted molar refractivity (Wildman–Crippen MR) is 85.9 cm³/mol. The van der Waals surface area contributed by atoms with Crippen LogP contribution < -0.4 is 15.2 Å². The molecule has 0 radical (unpaired) electrons. The molecule has 0 aliphatic rings. The van der Waals surface area contributed by atoms with Gasteiger partial charge in [-0.2, -0.15) is 0 Å². The summed E-state index contributed by atoms with van der Waals surface area (Å²) in [7, 11) is 3.28. The van der Waals surface area contributed by atoms with E-state index in [0.29, 0.717) is 11.5 Å². The third-order valence-electron chi connectivity index (χ3n) is 3.83. The monoisotopic (exact) mass is 285 g/mol. The van der Waals surface area contributed by atoms with E-state index in [1.54, 1.807) is 14.2 Å². The van der Waals surface area contributed by atoms with Crippen molar-refractivity contribution in [3.05, 3.63) is 59.7 Å². The molecular formula is C18H23NO2. The first-order chi connectivity index (χ1) is 10.2. The van der Waals surface area contributed by atoms with Crippen LogP contribution in [0.15, 0.2) is 48.5 Å². The number of ether oxygens (including phenoxy) is 2. The average molecular weight is 285 g/mol. The van der Waals surface area contributed by atoms with E-state index >= 15 is 0 Å². The Labute approximate surface area is 126 Å². The minimum absolute atomic E-state index is 0.518. The fraction of sp³-hybridized carbons (Fsp3) is 0.333. The van der Waals surface area contributed by atoms with Gasteiger partial charge >= 0.3 is 0 Å².